The fraction of sp³-hybridized carbons (Fsp3) is 0.222. The van der Waals surface area contributed by atoms with E-state index in [0.29, 0.717) is 0 Å². The lowest BCUT2D eigenvalue weighted by molar-refractivity contribution is -0.119. The van der Waals surface area contributed by atoms with Crippen molar-refractivity contribution in [3.8, 4) is 0 Å². The van der Waals surface area contributed by atoms with E-state index in [9.17, 15) is 4.79 Å². The minimum absolute atomic E-state index is 0.183. The Balaban J connectivity index is 1.87. The molecule has 0 bridgehead atoms. The molecule has 0 aromatic heterocycles. The zero-order valence-electron chi connectivity index (χ0n) is 13.5. The first-order chi connectivity index (χ1) is 11.0. The summed E-state index contributed by atoms with van der Waals surface area (Å²) >= 11 is 3.37. The van der Waals surface area contributed by atoms with Gasteiger partial charge in [0.1, 0.15) is 0 Å². The van der Waals surface area contributed by atoms with Gasteiger partial charge in [-0.25, -0.2) is 5.43 Å². The summed E-state index contributed by atoms with van der Waals surface area (Å²) in [5.74, 6) is -0.183. The first-order valence-corrected chi connectivity index (χ1v) is 8.14. The summed E-state index contributed by atoms with van der Waals surface area (Å²) in [6.45, 7) is 6.31. The van der Waals surface area contributed by atoms with E-state index in [0.717, 1.165) is 26.9 Å². The van der Waals surface area contributed by atoms with Crippen LogP contribution in [0.2, 0.25) is 0 Å². The highest BCUT2D eigenvalue weighted by Crippen LogP contribution is 2.21. The molecule has 4 nitrogen and oxygen atoms in total. The molecule has 0 unspecified atom stereocenters. The maximum absolute atomic E-state index is 11.9. The second kappa shape index (κ2) is 7.92. The Kier molecular flexibility index (Phi) is 5.93. The summed E-state index contributed by atoms with van der Waals surface area (Å²) in [6.07, 6.45) is 1.62. The van der Waals surface area contributed by atoms with Crippen LogP contribution in [0.5, 0.6) is 0 Å². The Morgan fingerprint density at radius 1 is 1.13 bits per heavy atom. The summed E-state index contributed by atoms with van der Waals surface area (Å²) in [5.41, 5.74) is 7.93. The number of halogens is 1. The van der Waals surface area contributed by atoms with Gasteiger partial charge in [0.2, 0.25) is 0 Å². The second-order valence-corrected chi connectivity index (χ2v) is 6.39. The van der Waals surface area contributed by atoms with Gasteiger partial charge in [-0.15, -0.1) is 0 Å². The molecule has 5 heteroatoms. The molecular formula is C18H20BrN3O. The SMILES string of the molecule is Cc1cc(C)c(NCC(=O)N/N=C\c2ccc(Br)cc2)c(C)c1. The number of nitrogens with one attached hydrogen (secondary N) is 2. The van der Waals surface area contributed by atoms with E-state index in [1.807, 2.05) is 38.1 Å². The van der Waals surface area contributed by atoms with Gasteiger partial charge >= 0.3 is 0 Å². The highest BCUT2D eigenvalue weighted by Gasteiger charge is 2.05. The molecule has 2 aromatic carbocycles. The van der Waals surface area contributed by atoms with Crippen LogP contribution >= 0.6 is 15.9 Å². The molecule has 2 N–H and O–H groups in total. The van der Waals surface area contributed by atoms with Crippen molar-refractivity contribution >= 4 is 33.7 Å². The van der Waals surface area contributed by atoms with Gasteiger partial charge in [0.25, 0.3) is 5.91 Å². The Hall–Kier alpha value is -2.14. The van der Waals surface area contributed by atoms with Gasteiger partial charge in [-0.2, -0.15) is 5.10 Å². The minimum Gasteiger partial charge on any atom is -0.376 e. The molecule has 23 heavy (non-hydrogen) atoms. The van der Waals surface area contributed by atoms with Crippen LogP contribution in [0.4, 0.5) is 5.69 Å². The lowest BCUT2D eigenvalue weighted by atomic mass is 10.1. The number of benzene rings is 2. The summed E-state index contributed by atoms with van der Waals surface area (Å²) in [7, 11) is 0. The van der Waals surface area contributed by atoms with Gasteiger partial charge in [-0.05, 0) is 49.6 Å². The fourth-order valence-electron chi connectivity index (χ4n) is 2.39. The molecule has 0 saturated carbocycles. The lowest BCUT2D eigenvalue weighted by Crippen LogP contribution is -2.26. The van der Waals surface area contributed by atoms with Crippen molar-refractivity contribution < 1.29 is 4.79 Å². The monoisotopic (exact) mass is 373 g/mol. The molecule has 0 heterocycles. The number of carbonyl (C=O) groups is 1. The zero-order chi connectivity index (χ0) is 16.8. The molecule has 0 aliphatic carbocycles. The van der Waals surface area contributed by atoms with E-state index in [1.165, 1.54) is 5.56 Å². The molecule has 120 valence electrons. The maximum atomic E-state index is 11.9. The van der Waals surface area contributed by atoms with Crippen LogP contribution in [0.15, 0.2) is 46.0 Å². The summed E-state index contributed by atoms with van der Waals surface area (Å²) in [6, 6.07) is 11.9. The van der Waals surface area contributed by atoms with E-state index < -0.39 is 0 Å². The van der Waals surface area contributed by atoms with Crippen LogP contribution in [0.25, 0.3) is 0 Å². The lowest BCUT2D eigenvalue weighted by Gasteiger charge is -2.13. The van der Waals surface area contributed by atoms with Crippen LogP contribution in [-0.4, -0.2) is 18.7 Å². The van der Waals surface area contributed by atoms with Gasteiger partial charge in [-0.3, -0.25) is 4.79 Å². The van der Waals surface area contributed by atoms with Crippen LogP contribution in [-0.2, 0) is 4.79 Å². The summed E-state index contributed by atoms with van der Waals surface area (Å²) in [4.78, 5) is 11.9. The number of amides is 1. The van der Waals surface area contributed by atoms with Crippen molar-refractivity contribution in [2.75, 3.05) is 11.9 Å². The number of hydrogen-bond acceptors (Lipinski definition) is 3. The predicted octanol–water partition coefficient (Wildman–Crippen LogP) is 3.94. The van der Waals surface area contributed by atoms with Gasteiger partial charge in [0.05, 0.1) is 12.8 Å². The maximum Gasteiger partial charge on any atom is 0.259 e. The van der Waals surface area contributed by atoms with Gasteiger partial charge in [0, 0.05) is 10.2 Å². The van der Waals surface area contributed by atoms with Crippen molar-refractivity contribution in [2.45, 2.75) is 20.8 Å². The first-order valence-electron chi connectivity index (χ1n) is 7.35. The molecular weight excluding hydrogens is 354 g/mol. The third-order valence-electron chi connectivity index (χ3n) is 3.38. The van der Waals surface area contributed by atoms with E-state index in [-0.39, 0.29) is 12.5 Å². The highest BCUT2D eigenvalue weighted by molar-refractivity contribution is 9.10. The van der Waals surface area contributed by atoms with E-state index >= 15 is 0 Å². The third kappa shape index (κ3) is 5.21. The second-order valence-electron chi connectivity index (χ2n) is 5.47. The molecule has 0 atom stereocenters. The van der Waals surface area contributed by atoms with E-state index in [2.05, 4.69) is 50.8 Å². The molecule has 2 aromatic rings. The Morgan fingerprint density at radius 2 is 1.74 bits per heavy atom. The quantitative estimate of drug-likeness (QED) is 0.615. The molecule has 0 aliphatic heterocycles. The molecule has 0 spiro atoms. The van der Waals surface area contributed by atoms with Crippen LogP contribution < -0.4 is 10.7 Å². The van der Waals surface area contributed by atoms with Crippen LogP contribution in [0.3, 0.4) is 0 Å². The van der Waals surface area contributed by atoms with E-state index in [1.54, 1.807) is 6.21 Å². The summed E-state index contributed by atoms with van der Waals surface area (Å²) < 4.78 is 1.01. The van der Waals surface area contributed by atoms with E-state index in [4.69, 9.17) is 0 Å². The number of rotatable bonds is 5. The zero-order valence-corrected chi connectivity index (χ0v) is 15.1. The number of hydrogen-bond donors (Lipinski definition) is 2. The molecule has 0 aliphatic rings. The average molecular weight is 374 g/mol. The number of hydrazone groups is 1. The van der Waals surface area contributed by atoms with Crippen LogP contribution in [0, 0.1) is 20.8 Å². The first kappa shape index (κ1) is 17.2. The Bertz CT molecular complexity index is 701. The number of aryl methyl sites for hydroxylation is 3. The molecule has 2 rings (SSSR count). The third-order valence-corrected chi connectivity index (χ3v) is 3.90. The predicted molar refractivity (Wildman–Crippen MR) is 99.0 cm³/mol. The minimum atomic E-state index is -0.183. The summed E-state index contributed by atoms with van der Waals surface area (Å²) in [5, 5.41) is 7.13. The van der Waals surface area contributed by atoms with Gasteiger partial charge < -0.3 is 5.32 Å². The topological polar surface area (TPSA) is 53.5 Å². The van der Waals surface area contributed by atoms with Crippen molar-refractivity contribution in [1.29, 1.82) is 0 Å². The van der Waals surface area contributed by atoms with Gasteiger partial charge in [0.15, 0.2) is 0 Å². The number of carbonyl (C=O) groups excluding carboxylic acids is 1. The number of anilines is 1. The average Bonchev–Trinajstić information content (AvgIpc) is 2.48. The van der Waals surface area contributed by atoms with Gasteiger partial charge in [-0.1, -0.05) is 45.8 Å². The van der Waals surface area contributed by atoms with Crippen LogP contribution in [0.1, 0.15) is 22.3 Å². The highest BCUT2D eigenvalue weighted by atomic mass is 79.9. The number of nitrogens with zero attached hydrogens (tertiary/aromatic N) is 1. The normalized spacial score (nSPS) is 10.8. The molecule has 0 saturated heterocycles. The Morgan fingerprint density at radius 3 is 2.35 bits per heavy atom. The van der Waals surface area contributed by atoms with Crippen molar-refractivity contribution in [1.82, 2.24) is 5.43 Å². The Labute approximate surface area is 145 Å². The molecule has 1 amide bonds. The van der Waals surface area contributed by atoms with Crippen molar-refractivity contribution in [3.63, 3.8) is 0 Å². The largest absolute Gasteiger partial charge is 0.376 e. The smallest absolute Gasteiger partial charge is 0.259 e. The van der Waals surface area contributed by atoms with Crippen molar-refractivity contribution in [3.05, 3.63) is 63.1 Å². The molecule has 0 radical (unpaired) electrons. The fourth-order valence-corrected chi connectivity index (χ4v) is 2.66. The van der Waals surface area contributed by atoms with Crippen molar-refractivity contribution in [2.24, 2.45) is 5.10 Å². The molecule has 0 fully saturated rings. The standard InChI is InChI=1S/C18H20BrN3O/c1-12-8-13(2)18(14(3)9-12)20-11-17(23)22-21-10-15-4-6-16(19)7-5-15/h4-10,20H,11H2,1-3H3,(H,22,23)/b21-10-.